The lowest BCUT2D eigenvalue weighted by Crippen LogP contribution is -2.49. The molecule has 90 valence electrons. The van der Waals surface area contributed by atoms with Gasteiger partial charge in [0, 0.05) is 19.1 Å². The van der Waals surface area contributed by atoms with E-state index >= 15 is 0 Å². The molecule has 3 heteroatoms. The molecule has 0 amide bonds. The van der Waals surface area contributed by atoms with Crippen LogP contribution in [0.15, 0.2) is 0 Å². The van der Waals surface area contributed by atoms with E-state index in [1.807, 2.05) is 0 Å². The van der Waals surface area contributed by atoms with E-state index in [-0.39, 0.29) is 0 Å². The van der Waals surface area contributed by atoms with Crippen molar-refractivity contribution in [2.24, 2.45) is 11.7 Å². The van der Waals surface area contributed by atoms with Gasteiger partial charge in [-0.2, -0.15) is 0 Å². The summed E-state index contributed by atoms with van der Waals surface area (Å²) in [5.74, 6) is 0.739. The summed E-state index contributed by atoms with van der Waals surface area (Å²) in [6.45, 7) is 10.3. The summed E-state index contributed by atoms with van der Waals surface area (Å²) in [6.07, 6.45) is 2.96. The highest BCUT2D eigenvalue weighted by Gasteiger charge is 2.26. The predicted octanol–water partition coefficient (Wildman–Crippen LogP) is 1.47. The molecule has 0 aliphatic carbocycles. The van der Waals surface area contributed by atoms with Gasteiger partial charge in [-0.3, -0.25) is 4.90 Å². The third-order valence-corrected chi connectivity index (χ3v) is 3.30. The second kappa shape index (κ2) is 6.46. The first-order valence-corrected chi connectivity index (χ1v) is 6.21. The third kappa shape index (κ3) is 4.09. The minimum Gasteiger partial charge on any atom is -0.377 e. The van der Waals surface area contributed by atoms with Gasteiger partial charge in [0.25, 0.3) is 0 Å². The van der Waals surface area contributed by atoms with Gasteiger partial charge in [0.2, 0.25) is 0 Å². The van der Waals surface area contributed by atoms with E-state index in [1.165, 1.54) is 19.4 Å². The Morgan fingerprint density at radius 1 is 1.47 bits per heavy atom. The highest BCUT2D eigenvalue weighted by Crippen LogP contribution is 2.22. The summed E-state index contributed by atoms with van der Waals surface area (Å²) >= 11 is 0. The van der Waals surface area contributed by atoms with Crippen LogP contribution in [0.3, 0.4) is 0 Å². The lowest BCUT2D eigenvalue weighted by molar-refractivity contribution is 0.0299. The molecule has 1 rings (SSSR count). The molecule has 2 atom stereocenters. The first kappa shape index (κ1) is 12.9. The van der Waals surface area contributed by atoms with Gasteiger partial charge >= 0.3 is 0 Å². The number of ether oxygens (including phenoxy) is 1. The number of hydrogen-bond donors (Lipinski definition) is 1. The van der Waals surface area contributed by atoms with E-state index in [0.29, 0.717) is 12.1 Å². The molecular weight excluding hydrogens is 188 g/mol. The molecule has 0 spiro atoms. The molecule has 15 heavy (non-hydrogen) atoms. The number of likely N-dealkylation sites (tertiary alicyclic amines) is 1. The zero-order chi connectivity index (χ0) is 11.3. The molecule has 2 unspecified atom stereocenters. The number of nitrogens with two attached hydrogens (primary N) is 1. The molecule has 3 nitrogen and oxygen atoms in total. The SMILES string of the molecule is CC(C)OCCN1CCCC(C)C1CN. The zero-order valence-electron chi connectivity index (χ0n) is 10.4. The topological polar surface area (TPSA) is 38.5 Å². The molecular formula is C12H26N2O. The third-order valence-electron chi connectivity index (χ3n) is 3.30. The molecule has 0 aromatic rings. The van der Waals surface area contributed by atoms with Crippen LogP contribution in [-0.2, 0) is 4.74 Å². The fourth-order valence-corrected chi connectivity index (χ4v) is 2.40. The van der Waals surface area contributed by atoms with Crippen molar-refractivity contribution in [1.82, 2.24) is 4.90 Å². The van der Waals surface area contributed by atoms with Crippen LogP contribution in [0.4, 0.5) is 0 Å². The Kier molecular flexibility index (Phi) is 5.58. The Morgan fingerprint density at radius 3 is 2.80 bits per heavy atom. The lowest BCUT2D eigenvalue weighted by atomic mass is 9.91. The van der Waals surface area contributed by atoms with Gasteiger partial charge in [-0.25, -0.2) is 0 Å². The summed E-state index contributed by atoms with van der Waals surface area (Å²) in [5.41, 5.74) is 5.83. The van der Waals surface area contributed by atoms with Gasteiger partial charge < -0.3 is 10.5 Å². The average Bonchev–Trinajstić information content (AvgIpc) is 2.17. The van der Waals surface area contributed by atoms with Crippen LogP contribution in [0, 0.1) is 5.92 Å². The first-order valence-electron chi connectivity index (χ1n) is 6.21. The normalized spacial score (nSPS) is 28.6. The van der Waals surface area contributed by atoms with Crippen molar-refractivity contribution in [2.75, 3.05) is 26.2 Å². The predicted molar refractivity (Wildman–Crippen MR) is 63.9 cm³/mol. The van der Waals surface area contributed by atoms with Crippen LogP contribution in [0.1, 0.15) is 33.6 Å². The lowest BCUT2D eigenvalue weighted by Gasteiger charge is -2.39. The fraction of sp³-hybridized carbons (Fsp3) is 1.00. The van der Waals surface area contributed by atoms with Crippen LogP contribution in [0.5, 0.6) is 0 Å². The monoisotopic (exact) mass is 214 g/mol. The molecule has 0 radical (unpaired) electrons. The van der Waals surface area contributed by atoms with Crippen LogP contribution in [0.2, 0.25) is 0 Å². The van der Waals surface area contributed by atoms with Gasteiger partial charge in [-0.1, -0.05) is 6.92 Å². The summed E-state index contributed by atoms with van der Waals surface area (Å²) in [5, 5.41) is 0. The smallest absolute Gasteiger partial charge is 0.0597 e. The maximum absolute atomic E-state index is 5.83. The van der Waals surface area contributed by atoms with Crippen molar-refractivity contribution in [3.8, 4) is 0 Å². The Labute approximate surface area is 94.0 Å². The Bertz CT molecular complexity index is 173. The fourth-order valence-electron chi connectivity index (χ4n) is 2.40. The average molecular weight is 214 g/mol. The number of hydrogen-bond acceptors (Lipinski definition) is 3. The molecule has 2 N–H and O–H groups in total. The second-order valence-electron chi connectivity index (χ2n) is 4.88. The molecule has 0 aromatic carbocycles. The first-order chi connectivity index (χ1) is 7.15. The molecule has 1 aliphatic heterocycles. The highest BCUT2D eigenvalue weighted by atomic mass is 16.5. The molecule has 0 saturated carbocycles. The maximum atomic E-state index is 5.83. The molecule has 1 aliphatic rings. The van der Waals surface area contributed by atoms with Crippen molar-refractivity contribution in [3.63, 3.8) is 0 Å². The number of piperidine rings is 1. The molecule has 1 saturated heterocycles. The van der Waals surface area contributed by atoms with Gasteiger partial charge in [-0.15, -0.1) is 0 Å². The Balaban J connectivity index is 2.31. The van der Waals surface area contributed by atoms with E-state index in [2.05, 4.69) is 25.7 Å². The Hall–Kier alpha value is -0.120. The van der Waals surface area contributed by atoms with E-state index in [9.17, 15) is 0 Å². The molecule has 1 heterocycles. The minimum atomic E-state index is 0.337. The van der Waals surface area contributed by atoms with Crippen LogP contribution >= 0.6 is 0 Å². The van der Waals surface area contributed by atoms with Crippen molar-refractivity contribution in [2.45, 2.75) is 45.8 Å². The van der Waals surface area contributed by atoms with Crippen molar-refractivity contribution in [3.05, 3.63) is 0 Å². The van der Waals surface area contributed by atoms with Crippen LogP contribution in [-0.4, -0.2) is 43.3 Å². The summed E-state index contributed by atoms with van der Waals surface area (Å²) in [6, 6.07) is 0.564. The molecule has 0 aromatic heterocycles. The van der Waals surface area contributed by atoms with Crippen molar-refractivity contribution < 1.29 is 4.74 Å². The molecule has 0 bridgehead atoms. The summed E-state index contributed by atoms with van der Waals surface area (Å²) in [7, 11) is 0. The number of nitrogens with zero attached hydrogens (tertiary/aromatic N) is 1. The maximum Gasteiger partial charge on any atom is 0.0597 e. The van der Waals surface area contributed by atoms with Crippen LogP contribution < -0.4 is 5.73 Å². The van der Waals surface area contributed by atoms with E-state index in [4.69, 9.17) is 10.5 Å². The highest BCUT2D eigenvalue weighted by molar-refractivity contribution is 4.82. The standard InChI is InChI=1S/C12H26N2O/c1-10(2)15-8-7-14-6-4-5-11(3)12(14)9-13/h10-12H,4-9,13H2,1-3H3. The summed E-state index contributed by atoms with van der Waals surface area (Å²) < 4.78 is 5.59. The largest absolute Gasteiger partial charge is 0.377 e. The number of rotatable bonds is 5. The van der Waals surface area contributed by atoms with Crippen molar-refractivity contribution >= 4 is 0 Å². The van der Waals surface area contributed by atoms with Gasteiger partial charge in [0.05, 0.1) is 12.7 Å². The van der Waals surface area contributed by atoms with Crippen LogP contribution in [0.25, 0.3) is 0 Å². The minimum absolute atomic E-state index is 0.337. The van der Waals surface area contributed by atoms with E-state index in [1.54, 1.807) is 0 Å². The quantitative estimate of drug-likeness (QED) is 0.753. The second-order valence-corrected chi connectivity index (χ2v) is 4.88. The molecule has 1 fully saturated rings. The summed E-state index contributed by atoms with van der Waals surface area (Å²) in [4.78, 5) is 2.50. The Morgan fingerprint density at radius 2 is 2.20 bits per heavy atom. The van der Waals surface area contributed by atoms with Crippen molar-refractivity contribution in [1.29, 1.82) is 0 Å². The van der Waals surface area contributed by atoms with E-state index < -0.39 is 0 Å². The van der Waals surface area contributed by atoms with Gasteiger partial charge in [0.1, 0.15) is 0 Å². The van der Waals surface area contributed by atoms with E-state index in [0.717, 1.165) is 25.6 Å². The van der Waals surface area contributed by atoms with Gasteiger partial charge in [-0.05, 0) is 39.2 Å². The van der Waals surface area contributed by atoms with Gasteiger partial charge in [0.15, 0.2) is 0 Å². The zero-order valence-corrected chi connectivity index (χ0v) is 10.4.